The maximum Gasteiger partial charge on any atom is 0.283 e. The maximum atomic E-state index is 13.4. The molecule has 168 valence electrons. The number of hydrogen-bond acceptors (Lipinski definition) is 4. The number of benzene rings is 3. The van der Waals surface area contributed by atoms with Crippen LogP contribution in [0.4, 0.5) is 0 Å². The second-order valence-electron chi connectivity index (χ2n) is 8.21. The molecule has 5 rings (SSSR count). The summed E-state index contributed by atoms with van der Waals surface area (Å²) < 4.78 is 2.75. The highest BCUT2D eigenvalue weighted by Crippen LogP contribution is 2.25. The number of fused-ring (bicyclic) bond motifs is 1. The molecule has 2 heterocycles. The van der Waals surface area contributed by atoms with E-state index in [2.05, 4.69) is 15.5 Å². The fraction of sp³-hybridized carbons (Fsp3) is 0.111. The second-order valence-corrected chi connectivity index (χ2v) is 8.21. The van der Waals surface area contributed by atoms with Crippen LogP contribution in [-0.2, 0) is 4.79 Å². The smallest absolute Gasteiger partial charge is 0.272 e. The molecule has 7 heteroatoms. The Labute approximate surface area is 196 Å². The van der Waals surface area contributed by atoms with E-state index in [0.717, 1.165) is 27.1 Å². The summed E-state index contributed by atoms with van der Waals surface area (Å²) in [6.45, 7) is 4.06. The fourth-order valence-corrected chi connectivity index (χ4v) is 4.01. The molecule has 0 saturated carbocycles. The van der Waals surface area contributed by atoms with Crippen molar-refractivity contribution in [3.8, 4) is 5.69 Å². The first-order valence-electron chi connectivity index (χ1n) is 11.0. The Morgan fingerprint density at radius 2 is 1.53 bits per heavy atom. The Kier molecular flexibility index (Phi) is 5.51. The lowest BCUT2D eigenvalue weighted by Gasteiger charge is -2.18. The predicted molar refractivity (Wildman–Crippen MR) is 132 cm³/mol. The summed E-state index contributed by atoms with van der Waals surface area (Å²) in [5.41, 5.74) is 7.54. The molecule has 0 atom stereocenters. The molecule has 1 amide bonds. The van der Waals surface area contributed by atoms with Crippen LogP contribution in [0.15, 0.2) is 96.2 Å². The monoisotopic (exact) mass is 449 g/mol. The first-order valence-corrected chi connectivity index (χ1v) is 11.0. The van der Waals surface area contributed by atoms with Crippen LogP contribution in [0, 0.1) is 13.8 Å². The molecule has 0 unspecified atom stereocenters. The Balaban J connectivity index is 1.51. The summed E-state index contributed by atoms with van der Waals surface area (Å²) in [6, 6.07) is 24.9. The molecule has 3 aromatic carbocycles. The fourth-order valence-electron chi connectivity index (χ4n) is 4.01. The van der Waals surface area contributed by atoms with Gasteiger partial charge in [0.05, 0.1) is 17.8 Å². The molecule has 0 fully saturated rings. The molecule has 0 spiro atoms. The van der Waals surface area contributed by atoms with Crippen molar-refractivity contribution in [2.24, 2.45) is 0 Å². The molecular formula is C27H23N5O2. The van der Waals surface area contributed by atoms with Gasteiger partial charge in [-0.15, -0.1) is 0 Å². The maximum absolute atomic E-state index is 13.4. The SMILES string of the molecule is Cc1ccc(-n2ncc3c(=O)n(NC(=O)C(c4ccccc4)c4ccccc4)cnc32)cc1C. The average molecular weight is 450 g/mol. The summed E-state index contributed by atoms with van der Waals surface area (Å²) in [5, 5.41) is 4.69. The van der Waals surface area contributed by atoms with Gasteiger partial charge in [0, 0.05) is 0 Å². The van der Waals surface area contributed by atoms with Crippen molar-refractivity contribution < 1.29 is 4.79 Å². The number of nitrogens with zero attached hydrogens (tertiary/aromatic N) is 4. The van der Waals surface area contributed by atoms with Gasteiger partial charge in [0.15, 0.2) is 5.65 Å². The summed E-state index contributed by atoms with van der Waals surface area (Å²) >= 11 is 0. The minimum Gasteiger partial charge on any atom is -0.272 e. The van der Waals surface area contributed by atoms with E-state index in [-0.39, 0.29) is 5.91 Å². The first-order chi connectivity index (χ1) is 16.5. The molecule has 0 aliphatic rings. The lowest BCUT2D eigenvalue weighted by Crippen LogP contribution is -2.36. The predicted octanol–water partition coefficient (Wildman–Crippen LogP) is 4.10. The number of hydrogen-bond donors (Lipinski definition) is 1. The zero-order valence-electron chi connectivity index (χ0n) is 18.8. The Hall–Kier alpha value is -4.52. The molecule has 2 aromatic heterocycles. The molecule has 0 radical (unpaired) electrons. The largest absolute Gasteiger partial charge is 0.283 e. The molecule has 1 N–H and O–H groups in total. The van der Waals surface area contributed by atoms with Gasteiger partial charge in [0.1, 0.15) is 11.7 Å². The minimum absolute atomic E-state index is 0.317. The van der Waals surface area contributed by atoms with Gasteiger partial charge in [-0.25, -0.2) is 14.3 Å². The number of aromatic nitrogens is 4. The molecule has 0 bridgehead atoms. The highest BCUT2D eigenvalue weighted by Gasteiger charge is 2.23. The van der Waals surface area contributed by atoms with E-state index in [9.17, 15) is 9.59 Å². The topological polar surface area (TPSA) is 81.8 Å². The molecule has 0 saturated heterocycles. The van der Waals surface area contributed by atoms with E-state index >= 15 is 0 Å². The molecule has 0 aliphatic carbocycles. The standard InChI is InChI=1S/C27H23N5O2/c1-18-13-14-22(15-19(18)2)32-25-23(16-29-32)27(34)31(17-28-25)30-26(33)24(20-9-5-3-6-10-20)21-11-7-4-8-12-21/h3-17,24H,1-2H3,(H,30,33). The van der Waals surface area contributed by atoms with Gasteiger partial charge in [-0.1, -0.05) is 66.7 Å². The van der Waals surface area contributed by atoms with Crippen molar-refractivity contribution in [3.05, 3.63) is 124 Å². The Morgan fingerprint density at radius 3 is 2.15 bits per heavy atom. The van der Waals surface area contributed by atoms with Crippen molar-refractivity contribution in [2.75, 3.05) is 5.43 Å². The minimum atomic E-state index is -0.580. The zero-order valence-corrected chi connectivity index (χ0v) is 18.8. The van der Waals surface area contributed by atoms with E-state index in [1.165, 1.54) is 18.1 Å². The van der Waals surface area contributed by atoms with Crippen LogP contribution >= 0.6 is 0 Å². The average Bonchev–Trinajstić information content (AvgIpc) is 3.29. The van der Waals surface area contributed by atoms with Crippen LogP contribution in [0.2, 0.25) is 0 Å². The number of rotatable bonds is 5. The van der Waals surface area contributed by atoms with Gasteiger partial charge in [-0.2, -0.15) is 5.10 Å². The van der Waals surface area contributed by atoms with Gasteiger partial charge in [0.2, 0.25) is 0 Å². The van der Waals surface area contributed by atoms with E-state index in [4.69, 9.17) is 0 Å². The van der Waals surface area contributed by atoms with Crippen LogP contribution in [0.3, 0.4) is 0 Å². The molecule has 34 heavy (non-hydrogen) atoms. The van der Waals surface area contributed by atoms with Crippen molar-refractivity contribution in [1.82, 2.24) is 19.4 Å². The molecular weight excluding hydrogens is 426 g/mol. The molecule has 7 nitrogen and oxygen atoms in total. The van der Waals surface area contributed by atoms with Crippen molar-refractivity contribution in [3.63, 3.8) is 0 Å². The van der Waals surface area contributed by atoms with E-state index in [1.807, 2.05) is 92.7 Å². The quantitative estimate of drug-likeness (QED) is 0.438. The van der Waals surface area contributed by atoms with Crippen molar-refractivity contribution in [2.45, 2.75) is 19.8 Å². The highest BCUT2D eigenvalue weighted by molar-refractivity contribution is 5.93. The van der Waals surface area contributed by atoms with Crippen molar-refractivity contribution >= 4 is 16.9 Å². The number of aryl methyl sites for hydroxylation is 2. The van der Waals surface area contributed by atoms with Crippen LogP contribution in [0.25, 0.3) is 16.7 Å². The Morgan fingerprint density at radius 1 is 0.882 bits per heavy atom. The van der Waals surface area contributed by atoms with Gasteiger partial charge in [-0.05, 0) is 48.2 Å². The second kappa shape index (κ2) is 8.78. The zero-order chi connectivity index (χ0) is 23.7. The third kappa shape index (κ3) is 3.88. The third-order valence-corrected chi connectivity index (χ3v) is 5.98. The van der Waals surface area contributed by atoms with Gasteiger partial charge < -0.3 is 0 Å². The van der Waals surface area contributed by atoms with Gasteiger partial charge in [-0.3, -0.25) is 15.0 Å². The number of carbonyl (C=O) groups is 1. The summed E-state index contributed by atoms with van der Waals surface area (Å²) in [7, 11) is 0. The highest BCUT2D eigenvalue weighted by atomic mass is 16.2. The first kappa shape index (κ1) is 21.3. The number of amides is 1. The van der Waals surface area contributed by atoms with Gasteiger partial charge in [0.25, 0.3) is 11.5 Å². The summed E-state index contributed by atoms with van der Waals surface area (Å²) in [5.74, 6) is -0.912. The lowest BCUT2D eigenvalue weighted by molar-refractivity contribution is -0.117. The third-order valence-electron chi connectivity index (χ3n) is 5.98. The molecule has 5 aromatic rings. The number of nitrogens with one attached hydrogen (secondary N) is 1. The van der Waals surface area contributed by atoms with Crippen LogP contribution in [-0.4, -0.2) is 25.3 Å². The summed E-state index contributed by atoms with van der Waals surface area (Å²) in [6.07, 6.45) is 2.81. The van der Waals surface area contributed by atoms with Crippen LogP contribution < -0.4 is 11.0 Å². The van der Waals surface area contributed by atoms with E-state index in [0.29, 0.717) is 11.0 Å². The van der Waals surface area contributed by atoms with Crippen molar-refractivity contribution in [1.29, 1.82) is 0 Å². The van der Waals surface area contributed by atoms with E-state index in [1.54, 1.807) is 4.68 Å². The van der Waals surface area contributed by atoms with Crippen LogP contribution in [0.1, 0.15) is 28.2 Å². The normalized spacial score (nSPS) is 11.1. The Bertz CT molecular complexity index is 1500. The van der Waals surface area contributed by atoms with Gasteiger partial charge >= 0.3 is 0 Å². The molecule has 0 aliphatic heterocycles. The number of carbonyl (C=O) groups excluding carboxylic acids is 1. The van der Waals surface area contributed by atoms with Crippen LogP contribution in [0.5, 0.6) is 0 Å². The lowest BCUT2D eigenvalue weighted by atomic mass is 9.91. The summed E-state index contributed by atoms with van der Waals surface area (Å²) in [4.78, 5) is 31.0. The van der Waals surface area contributed by atoms with E-state index < -0.39 is 11.5 Å².